The molecular formula is C34H38B2N8O9. The van der Waals surface area contributed by atoms with Crippen molar-refractivity contribution in [1.82, 2.24) is 19.9 Å². The largest absolute Gasteiger partial charge is 0.488 e. The Morgan fingerprint density at radius 3 is 1.72 bits per heavy atom. The molecule has 3 aromatic carbocycles. The smallest absolute Gasteiger partial charge is 0.461 e. The van der Waals surface area contributed by atoms with Gasteiger partial charge in [-0.3, -0.25) is 14.4 Å². The number of nitrogen functional groups attached to an aromatic ring is 2. The second-order valence-corrected chi connectivity index (χ2v) is 11.7. The Balaban J connectivity index is 0.000000240. The highest BCUT2D eigenvalue weighted by Gasteiger charge is 2.13. The molecule has 19 heteroatoms. The van der Waals surface area contributed by atoms with Gasteiger partial charge in [-0.15, -0.1) is 0 Å². The molecule has 5 rings (SSSR count). The van der Waals surface area contributed by atoms with E-state index in [1.54, 1.807) is 42.6 Å². The van der Waals surface area contributed by atoms with E-state index < -0.39 is 32.1 Å². The topological polar surface area (TPSA) is 283 Å². The van der Waals surface area contributed by atoms with Crippen LogP contribution in [0, 0.1) is 0 Å². The number of benzene rings is 3. The number of esters is 2. The number of nitrogens with two attached hydrogens (primary N) is 3. The van der Waals surface area contributed by atoms with Crippen LogP contribution in [0.15, 0.2) is 79.0 Å². The van der Waals surface area contributed by atoms with Crippen LogP contribution >= 0.6 is 0 Å². The van der Waals surface area contributed by atoms with Gasteiger partial charge >= 0.3 is 26.2 Å². The first-order valence-electron chi connectivity index (χ1n) is 16.2. The van der Waals surface area contributed by atoms with Crippen LogP contribution in [0.4, 0.5) is 17.5 Å². The van der Waals surface area contributed by atoms with E-state index in [0.717, 1.165) is 5.69 Å². The van der Waals surface area contributed by atoms with Crippen LogP contribution in [0.1, 0.15) is 46.4 Å². The lowest BCUT2D eigenvalue weighted by Gasteiger charge is -2.19. The fraction of sp³-hybridized carbons (Fsp3) is 0.206. The zero-order valence-electron chi connectivity index (χ0n) is 28.7. The van der Waals surface area contributed by atoms with Crippen LogP contribution in [0.5, 0.6) is 0 Å². The number of hydrogen-bond donors (Lipinski definition) is 7. The van der Waals surface area contributed by atoms with E-state index in [0.29, 0.717) is 57.4 Å². The van der Waals surface area contributed by atoms with E-state index in [4.69, 9.17) is 46.8 Å². The first kappa shape index (κ1) is 39.6. The van der Waals surface area contributed by atoms with Crippen molar-refractivity contribution in [3.8, 4) is 0 Å². The van der Waals surface area contributed by atoms with Crippen LogP contribution in [0.25, 0.3) is 11.2 Å². The summed E-state index contributed by atoms with van der Waals surface area (Å²) >= 11 is 0. The van der Waals surface area contributed by atoms with Crippen LogP contribution in [0.3, 0.4) is 0 Å². The molecule has 0 saturated carbocycles. The minimum absolute atomic E-state index is 0.0591. The molecule has 274 valence electrons. The van der Waals surface area contributed by atoms with Crippen molar-refractivity contribution >= 4 is 71.6 Å². The second kappa shape index (κ2) is 18.9. The molecule has 0 atom stereocenters. The molecule has 0 spiro atoms. The summed E-state index contributed by atoms with van der Waals surface area (Å²) in [6.07, 6.45) is 2.06. The van der Waals surface area contributed by atoms with Gasteiger partial charge in [0.15, 0.2) is 17.0 Å². The Morgan fingerprint density at radius 2 is 1.25 bits per heavy atom. The predicted molar refractivity (Wildman–Crippen MR) is 197 cm³/mol. The van der Waals surface area contributed by atoms with Crippen LogP contribution in [-0.2, 0) is 38.8 Å². The Kier molecular flexibility index (Phi) is 14.1. The predicted octanol–water partition coefficient (Wildman–Crippen LogP) is -0.677. The maximum Gasteiger partial charge on any atom is 0.488 e. The molecule has 0 bridgehead atoms. The number of amides is 1. The quantitative estimate of drug-likeness (QED) is 0.0552. The Morgan fingerprint density at radius 1 is 0.736 bits per heavy atom. The van der Waals surface area contributed by atoms with E-state index >= 15 is 0 Å². The Bertz CT molecular complexity index is 1940. The summed E-state index contributed by atoms with van der Waals surface area (Å²) in [5.74, 6) is -1.09. The lowest BCUT2D eigenvalue weighted by atomic mass is 9.80. The molecule has 5 aromatic rings. The highest BCUT2D eigenvalue weighted by Crippen LogP contribution is 2.18. The van der Waals surface area contributed by atoms with E-state index in [1.165, 1.54) is 24.3 Å². The molecular weight excluding hydrogens is 686 g/mol. The van der Waals surface area contributed by atoms with Gasteiger partial charge in [-0.2, -0.15) is 9.97 Å². The number of hydrogen-bond acceptors (Lipinski definition) is 16. The van der Waals surface area contributed by atoms with Crippen molar-refractivity contribution in [2.75, 3.05) is 23.4 Å². The molecule has 0 aliphatic carbocycles. The highest BCUT2D eigenvalue weighted by atomic mass is 16.5. The Hall–Kier alpha value is -6.14. The van der Waals surface area contributed by atoms with Crippen molar-refractivity contribution < 1.29 is 44.0 Å². The zero-order chi connectivity index (χ0) is 38.5. The van der Waals surface area contributed by atoms with Crippen molar-refractivity contribution in [3.63, 3.8) is 0 Å². The summed E-state index contributed by atoms with van der Waals surface area (Å²) in [5.41, 5.74) is 21.6. The number of carbonyl (C=O) groups is 3. The molecule has 0 saturated heterocycles. The standard InChI is InChI=1S/C19H22B2O8.C15H16N8O/c22-18(28-12-14-4-8-16(9-5-14)20(24)25)2-1-3-19(23)29-13-15-6-10-17(11-7-15)21(26)27;1-23(10-4-2-8(3-5-10)13(17)24)7-9-6-19-14-11(20-9)12(16)21-15(18)22-14/h4-11,24-27H,1-3,12-13H2;2-6H,7H2,1H3,(H2,17,24)(H4,16,18,19,21,22). The second-order valence-electron chi connectivity index (χ2n) is 11.7. The molecule has 0 aliphatic heterocycles. The fourth-order valence-corrected chi connectivity index (χ4v) is 4.69. The minimum Gasteiger partial charge on any atom is -0.461 e. The summed E-state index contributed by atoms with van der Waals surface area (Å²) in [6, 6.07) is 19.6. The first-order chi connectivity index (χ1) is 25.3. The summed E-state index contributed by atoms with van der Waals surface area (Å²) in [7, 11) is -1.19. The molecule has 17 nitrogen and oxygen atoms in total. The molecule has 0 aliphatic rings. The average molecular weight is 724 g/mol. The summed E-state index contributed by atoms with van der Waals surface area (Å²) in [6.45, 7) is 0.607. The van der Waals surface area contributed by atoms with Crippen molar-refractivity contribution in [3.05, 3.63) is 101 Å². The van der Waals surface area contributed by atoms with Gasteiger partial charge in [-0.25, -0.2) is 9.97 Å². The van der Waals surface area contributed by atoms with E-state index in [-0.39, 0.29) is 37.8 Å². The fourth-order valence-electron chi connectivity index (χ4n) is 4.69. The number of primary amides is 1. The summed E-state index contributed by atoms with van der Waals surface area (Å²) in [5, 5.41) is 36.1. The number of aromatic nitrogens is 4. The van der Waals surface area contributed by atoms with Crippen molar-refractivity contribution in [2.45, 2.75) is 39.0 Å². The number of rotatable bonds is 14. The molecule has 1 amide bonds. The molecule has 53 heavy (non-hydrogen) atoms. The van der Waals surface area contributed by atoms with Gasteiger partial charge in [0.1, 0.15) is 13.2 Å². The van der Waals surface area contributed by atoms with Crippen molar-refractivity contribution in [2.24, 2.45) is 5.73 Å². The van der Waals surface area contributed by atoms with Crippen LogP contribution in [-0.4, -0.2) is 79.2 Å². The highest BCUT2D eigenvalue weighted by molar-refractivity contribution is 6.58. The van der Waals surface area contributed by atoms with Gasteiger partial charge in [0.05, 0.1) is 18.4 Å². The lowest BCUT2D eigenvalue weighted by Crippen LogP contribution is -2.29. The zero-order valence-corrected chi connectivity index (χ0v) is 28.7. The lowest BCUT2D eigenvalue weighted by molar-refractivity contribution is -0.146. The number of nitrogens with zero attached hydrogens (tertiary/aromatic N) is 5. The van der Waals surface area contributed by atoms with Gasteiger partial charge < -0.3 is 51.7 Å². The van der Waals surface area contributed by atoms with Crippen molar-refractivity contribution in [1.29, 1.82) is 0 Å². The van der Waals surface area contributed by atoms with Gasteiger partial charge in [-0.05, 0) is 52.7 Å². The van der Waals surface area contributed by atoms with Gasteiger partial charge in [0, 0.05) is 31.1 Å². The Labute approximate surface area is 304 Å². The van der Waals surface area contributed by atoms with Crippen LogP contribution in [0.2, 0.25) is 0 Å². The maximum absolute atomic E-state index is 11.7. The molecule has 0 unspecified atom stereocenters. The first-order valence-corrected chi connectivity index (χ1v) is 16.2. The van der Waals surface area contributed by atoms with E-state index in [1.807, 2.05) is 24.1 Å². The van der Waals surface area contributed by atoms with Crippen LogP contribution < -0.4 is 33.0 Å². The third-order valence-electron chi connectivity index (χ3n) is 7.61. The third kappa shape index (κ3) is 12.3. The molecule has 10 N–H and O–H groups in total. The normalized spacial score (nSPS) is 10.5. The van der Waals surface area contributed by atoms with Gasteiger partial charge in [0.25, 0.3) is 0 Å². The monoisotopic (exact) mass is 724 g/mol. The number of carbonyl (C=O) groups excluding carboxylic acids is 3. The molecule has 0 radical (unpaired) electrons. The van der Waals surface area contributed by atoms with E-state index in [2.05, 4.69) is 19.9 Å². The van der Waals surface area contributed by atoms with E-state index in [9.17, 15) is 14.4 Å². The number of fused-ring (bicyclic) bond motifs is 1. The molecule has 2 aromatic heterocycles. The molecule has 0 fully saturated rings. The SMILES string of the molecule is CN(Cc1cnc2nc(N)nc(N)c2n1)c1ccc(C(N)=O)cc1.O=C(CCCC(=O)OCc1ccc(B(O)O)cc1)OCc1ccc(B(O)O)cc1. The average Bonchev–Trinajstić information content (AvgIpc) is 3.14. The maximum atomic E-state index is 11.7. The van der Waals surface area contributed by atoms with Gasteiger partial charge in [-0.1, -0.05) is 48.5 Å². The summed E-state index contributed by atoms with van der Waals surface area (Å²) in [4.78, 5) is 53.1. The third-order valence-corrected chi connectivity index (χ3v) is 7.61. The minimum atomic E-state index is -1.54. The summed E-state index contributed by atoms with van der Waals surface area (Å²) < 4.78 is 10.2. The number of anilines is 3. The number of ether oxygens (including phenoxy) is 2. The van der Waals surface area contributed by atoms with Gasteiger partial charge in [0.2, 0.25) is 11.9 Å². The molecule has 2 heterocycles.